The van der Waals surface area contributed by atoms with Crippen molar-refractivity contribution in [1.82, 2.24) is 9.13 Å². The summed E-state index contributed by atoms with van der Waals surface area (Å²) in [6.45, 7) is 1.05. The molecule has 2 heterocycles. The molecule has 0 bridgehead atoms. The van der Waals surface area contributed by atoms with E-state index < -0.39 is 11.2 Å². The van der Waals surface area contributed by atoms with Crippen molar-refractivity contribution in [2.24, 2.45) is 20.0 Å². The summed E-state index contributed by atoms with van der Waals surface area (Å²) in [6, 6.07) is 9.76. The number of benzene rings is 1. The molecular weight excluding hydrogens is 308 g/mol. The molecule has 2 aromatic rings. The Hall–Kier alpha value is -3.01. The van der Waals surface area contributed by atoms with Gasteiger partial charge >= 0.3 is 5.69 Å². The predicted octanol–water partition coefficient (Wildman–Crippen LogP) is 0.619. The minimum atomic E-state index is -0.590. The maximum absolute atomic E-state index is 12.1. The Labute approximate surface area is 138 Å². The number of nitrogens with one attached hydrogen (secondary N) is 1. The normalized spacial score (nSPS) is 16.0. The molecule has 0 spiro atoms. The highest BCUT2D eigenvalue weighted by Crippen LogP contribution is 2.26. The number of hydrogen-bond acceptors (Lipinski definition) is 5. The van der Waals surface area contributed by atoms with Crippen molar-refractivity contribution >= 4 is 5.82 Å². The SMILES string of the molecule is Cn1c(NC[C@H]2COc3ccccc3C2)c(C#N)c(=O)n(C)c1=O. The molecule has 1 aliphatic heterocycles. The van der Waals surface area contributed by atoms with Gasteiger partial charge in [-0.2, -0.15) is 5.26 Å². The lowest BCUT2D eigenvalue weighted by Crippen LogP contribution is -2.40. The van der Waals surface area contributed by atoms with Crippen LogP contribution in [0.5, 0.6) is 5.75 Å². The van der Waals surface area contributed by atoms with Gasteiger partial charge in [-0.3, -0.25) is 13.9 Å². The molecule has 0 saturated heterocycles. The highest BCUT2D eigenvalue weighted by molar-refractivity contribution is 5.51. The summed E-state index contributed by atoms with van der Waals surface area (Å²) in [5.41, 5.74) is 0.0192. The molecule has 0 aliphatic carbocycles. The van der Waals surface area contributed by atoms with E-state index in [1.54, 1.807) is 0 Å². The Morgan fingerprint density at radius 2 is 2.04 bits per heavy atom. The number of ether oxygens (including phenoxy) is 1. The van der Waals surface area contributed by atoms with Crippen LogP contribution >= 0.6 is 0 Å². The molecule has 0 amide bonds. The summed E-state index contributed by atoms with van der Waals surface area (Å²) >= 11 is 0. The molecule has 7 heteroatoms. The number of nitrogens with zero attached hydrogens (tertiary/aromatic N) is 3. The maximum Gasteiger partial charge on any atom is 0.332 e. The lowest BCUT2D eigenvalue weighted by atomic mass is 9.97. The van der Waals surface area contributed by atoms with Crippen LogP contribution in [-0.2, 0) is 20.5 Å². The molecule has 0 saturated carbocycles. The smallest absolute Gasteiger partial charge is 0.332 e. The van der Waals surface area contributed by atoms with Gasteiger partial charge in [-0.1, -0.05) is 18.2 Å². The van der Waals surface area contributed by atoms with Crippen LogP contribution in [0.15, 0.2) is 33.9 Å². The first-order valence-corrected chi connectivity index (χ1v) is 7.67. The van der Waals surface area contributed by atoms with Gasteiger partial charge in [0.1, 0.15) is 17.6 Å². The summed E-state index contributed by atoms with van der Waals surface area (Å²) in [7, 11) is 2.90. The standard InChI is InChI=1S/C17H18N4O3/c1-20-15(13(8-18)16(22)21(2)17(20)23)19-9-11-7-12-5-3-4-6-14(12)24-10-11/h3-6,11,19H,7,9-10H2,1-2H3/t11-/m0/s1. The Morgan fingerprint density at radius 1 is 1.29 bits per heavy atom. The van der Waals surface area contributed by atoms with Crippen LogP contribution in [0.2, 0.25) is 0 Å². The zero-order valence-corrected chi connectivity index (χ0v) is 13.6. The van der Waals surface area contributed by atoms with E-state index in [2.05, 4.69) is 5.32 Å². The third-order valence-electron chi connectivity index (χ3n) is 4.29. The van der Waals surface area contributed by atoms with E-state index in [-0.39, 0.29) is 17.3 Å². The Bertz CT molecular complexity index is 936. The van der Waals surface area contributed by atoms with Crippen molar-refractivity contribution in [3.8, 4) is 11.8 Å². The molecule has 1 aromatic heterocycles. The van der Waals surface area contributed by atoms with Crippen LogP contribution in [0.3, 0.4) is 0 Å². The Morgan fingerprint density at radius 3 is 2.79 bits per heavy atom. The summed E-state index contributed by atoms with van der Waals surface area (Å²) < 4.78 is 7.96. The second-order valence-electron chi connectivity index (χ2n) is 5.91. The van der Waals surface area contributed by atoms with Gasteiger partial charge in [-0.15, -0.1) is 0 Å². The highest BCUT2D eigenvalue weighted by Gasteiger charge is 2.21. The highest BCUT2D eigenvalue weighted by atomic mass is 16.5. The first-order chi connectivity index (χ1) is 11.5. The van der Waals surface area contributed by atoms with Gasteiger partial charge in [0.15, 0.2) is 5.56 Å². The average molecular weight is 326 g/mol. The molecule has 0 radical (unpaired) electrons. The molecule has 0 fully saturated rings. The number of anilines is 1. The summed E-state index contributed by atoms with van der Waals surface area (Å²) in [6.07, 6.45) is 0.837. The number of para-hydroxylation sites is 1. The van der Waals surface area contributed by atoms with E-state index in [9.17, 15) is 14.9 Å². The van der Waals surface area contributed by atoms with Crippen molar-refractivity contribution in [3.05, 3.63) is 56.2 Å². The fourth-order valence-corrected chi connectivity index (χ4v) is 2.91. The Kier molecular flexibility index (Phi) is 4.13. The van der Waals surface area contributed by atoms with Crippen molar-refractivity contribution in [1.29, 1.82) is 5.26 Å². The van der Waals surface area contributed by atoms with Crippen LogP contribution in [-0.4, -0.2) is 22.3 Å². The predicted molar refractivity (Wildman–Crippen MR) is 89.3 cm³/mol. The van der Waals surface area contributed by atoms with Crippen LogP contribution in [0.4, 0.5) is 5.82 Å². The summed E-state index contributed by atoms with van der Waals surface area (Å²) in [5, 5.41) is 12.4. The van der Waals surface area contributed by atoms with E-state index in [4.69, 9.17) is 4.74 Å². The summed E-state index contributed by atoms with van der Waals surface area (Å²) in [5.74, 6) is 1.34. The average Bonchev–Trinajstić information content (AvgIpc) is 2.61. The van der Waals surface area contributed by atoms with Crippen LogP contribution in [0.1, 0.15) is 11.1 Å². The molecule has 24 heavy (non-hydrogen) atoms. The Balaban J connectivity index is 1.83. The lowest BCUT2D eigenvalue weighted by molar-refractivity contribution is 0.229. The van der Waals surface area contributed by atoms with Crippen LogP contribution in [0, 0.1) is 17.2 Å². The van der Waals surface area contributed by atoms with E-state index in [1.807, 2.05) is 30.3 Å². The first kappa shape index (κ1) is 15.9. The monoisotopic (exact) mass is 326 g/mol. The van der Waals surface area contributed by atoms with Gasteiger partial charge in [-0.05, 0) is 18.1 Å². The van der Waals surface area contributed by atoms with Crippen molar-refractivity contribution in [2.75, 3.05) is 18.5 Å². The lowest BCUT2D eigenvalue weighted by Gasteiger charge is -2.26. The third-order valence-corrected chi connectivity index (χ3v) is 4.29. The van der Waals surface area contributed by atoms with Gasteiger partial charge < -0.3 is 10.1 Å². The second kappa shape index (κ2) is 6.24. The van der Waals surface area contributed by atoms with Crippen molar-refractivity contribution in [2.45, 2.75) is 6.42 Å². The fourth-order valence-electron chi connectivity index (χ4n) is 2.91. The number of aromatic nitrogens is 2. The molecule has 124 valence electrons. The van der Waals surface area contributed by atoms with Crippen molar-refractivity contribution in [3.63, 3.8) is 0 Å². The largest absolute Gasteiger partial charge is 0.493 e. The topological polar surface area (TPSA) is 89.1 Å². The number of fused-ring (bicyclic) bond motifs is 1. The molecule has 1 aliphatic rings. The molecule has 0 unspecified atom stereocenters. The number of rotatable bonds is 3. The second-order valence-corrected chi connectivity index (χ2v) is 5.91. The molecule has 7 nitrogen and oxygen atoms in total. The fraction of sp³-hybridized carbons (Fsp3) is 0.353. The van der Waals surface area contributed by atoms with Gasteiger partial charge in [0.2, 0.25) is 0 Å². The van der Waals surface area contributed by atoms with Gasteiger partial charge in [-0.25, -0.2) is 4.79 Å². The first-order valence-electron chi connectivity index (χ1n) is 7.67. The quantitative estimate of drug-likeness (QED) is 0.893. The molecular formula is C17H18N4O3. The third kappa shape index (κ3) is 2.67. The zero-order chi connectivity index (χ0) is 17.3. The van der Waals surface area contributed by atoms with Gasteiger partial charge in [0.25, 0.3) is 5.56 Å². The van der Waals surface area contributed by atoms with E-state index in [0.29, 0.717) is 13.2 Å². The number of hydrogen-bond donors (Lipinski definition) is 1. The van der Waals surface area contributed by atoms with Gasteiger partial charge in [0.05, 0.1) is 6.61 Å². The minimum absolute atomic E-state index is 0.0586. The van der Waals surface area contributed by atoms with Crippen molar-refractivity contribution < 1.29 is 4.74 Å². The molecule has 1 atom stereocenters. The van der Waals surface area contributed by atoms with Gasteiger partial charge in [0, 0.05) is 26.6 Å². The van der Waals surface area contributed by atoms with E-state index >= 15 is 0 Å². The zero-order valence-electron chi connectivity index (χ0n) is 13.6. The van der Waals surface area contributed by atoms with E-state index in [0.717, 1.165) is 22.3 Å². The maximum atomic E-state index is 12.1. The van der Waals surface area contributed by atoms with Crippen LogP contribution < -0.4 is 21.3 Å². The molecule has 3 rings (SSSR count). The number of nitriles is 1. The van der Waals surface area contributed by atoms with E-state index in [1.165, 1.54) is 18.7 Å². The molecule has 1 aromatic carbocycles. The van der Waals surface area contributed by atoms with Crippen LogP contribution in [0.25, 0.3) is 0 Å². The summed E-state index contributed by atoms with van der Waals surface area (Å²) in [4.78, 5) is 24.1. The molecule has 1 N–H and O–H groups in total. The minimum Gasteiger partial charge on any atom is -0.493 e.